The predicted octanol–water partition coefficient (Wildman–Crippen LogP) is 2.06. The molecule has 0 radical (unpaired) electrons. The van der Waals surface area contributed by atoms with E-state index in [2.05, 4.69) is 0 Å². The van der Waals surface area contributed by atoms with E-state index in [1.807, 2.05) is 17.0 Å². The van der Waals surface area contributed by atoms with Crippen LogP contribution in [0.2, 0.25) is 0 Å². The molecule has 6 nitrogen and oxygen atoms in total. The summed E-state index contributed by atoms with van der Waals surface area (Å²) < 4.78 is 16.8. The highest BCUT2D eigenvalue weighted by Gasteiger charge is 2.52. The van der Waals surface area contributed by atoms with Crippen LogP contribution in [0.4, 0.5) is 0 Å². The smallest absolute Gasteiger partial charge is 0.264 e. The number of rotatable bonds is 7. The van der Waals surface area contributed by atoms with Gasteiger partial charge in [0.1, 0.15) is 0 Å². The van der Waals surface area contributed by atoms with Crippen molar-refractivity contribution in [1.82, 2.24) is 4.90 Å². The maximum atomic E-state index is 13.1. The summed E-state index contributed by atoms with van der Waals surface area (Å²) in [5, 5.41) is 8.99. The zero-order valence-corrected chi connectivity index (χ0v) is 15.7. The fraction of sp³-hybridized carbons (Fsp3) is 0.722. The van der Waals surface area contributed by atoms with Gasteiger partial charge < -0.3 is 24.2 Å². The SMILES string of the molecule is COCc1ccc(C(=O)N2CC[C@]3(OC)CC[C@H](OCCO)C[C@H]23)s1. The number of nitrogens with zero attached hydrogens (tertiary/aromatic N) is 1. The van der Waals surface area contributed by atoms with E-state index in [1.54, 1.807) is 14.2 Å². The van der Waals surface area contributed by atoms with Gasteiger partial charge in [0.15, 0.2) is 0 Å². The van der Waals surface area contributed by atoms with Crippen LogP contribution < -0.4 is 0 Å². The van der Waals surface area contributed by atoms with Crippen LogP contribution in [-0.4, -0.2) is 67.6 Å². The number of amides is 1. The summed E-state index contributed by atoms with van der Waals surface area (Å²) in [6, 6.07) is 3.86. The minimum absolute atomic E-state index is 0.0235. The van der Waals surface area contributed by atoms with E-state index >= 15 is 0 Å². The monoisotopic (exact) mass is 369 g/mol. The number of hydrogen-bond donors (Lipinski definition) is 1. The molecule has 3 atom stereocenters. The van der Waals surface area contributed by atoms with E-state index < -0.39 is 0 Å². The van der Waals surface area contributed by atoms with Crippen LogP contribution in [-0.2, 0) is 20.8 Å². The lowest BCUT2D eigenvalue weighted by atomic mass is 9.79. The van der Waals surface area contributed by atoms with Crippen molar-refractivity contribution in [2.45, 2.75) is 50.0 Å². The molecule has 3 rings (SSSR count). The van der Waals surface area contributed by atoms with Crippen LogP contribution in [0, 0.1) is 0 Å². The molecule has 1 N–H and O–H groups in total. The van der Waals surface area contributed by atoms with Gasteiger partial charge in [0.2, 0.25) is 0 Å². The van der Waals surface area contributed by atoms with Gasteiger partial charge in [0.25, 0.3) is 5.91 Å². The van der Waals surface area contributed by atoms with Crippen molar-refractivity contribution in [3.63, 3.8) is 0 Å². The highest BCUT2D eigenvalue weighted by molar-refractivity contribution is 7.14. The molecule has 140 valence electrons. The maximum absolute atomic E-state index is 13.1. The molecule has 2 fully saturated rings. The first-order valence-corrected chi connectivity index (χ1v) is 9.61. The lowest BCUT2D eigenvalue weighted by Crippen LogP contribution is -2.53. The van der Waals surface area contributed by atoms with Crippen LogP contribution in [0.25, 0.3) is 0 Å². The second-order valence-electron chi connectivity index (χ2n) is 6.72. The number of likely N-dealkylation sites (tertiary alicyclic amines) is 1. The molecule has 25 heavy (non-hydrogen) atoms. The lowest BCUT2D eigenvalue weighted by Gasteiger charge is -2.43. The Morgan fingerprint density at radius 3 is 2.96 bits per heavy atom. The minimum Gasteiger partial charge on any atom is -0.394 e. The zero-order chi connectivity index (χ0) is 17.9. The van der Waals surface area contributed by atoms with Crippen molar-refractivity contribution >= 4 is 17.2 Å². The maximum Gasteiger partial charge on any atom is 0.264 e. The molecule has 7 heteroatoms. The Morgan fingerprint density at radius 1 is 1.40 bits per heavy atom. The molecule has 0 bridgehead atoms. The van der Waals surface area contributed by atoms with Crippen molar-refractivity contribution < 1.29 is 24.1 Å². The van der Waals surface area contributed by atoms with Gasteiger partial charge in [-0.15, -0.1) is 11.3 Å². The predicted molar refractivity (Wildman–Crippen MR) is 94.9 cm³/mol. The van der Waals surface area contributed by atoms with Crippen molar-refractivity contribution in [2.75, 3.05) is 34.0 Å². The van der Waals surface area contributed by atoms with Crippen LogP contribution in [0.3, 0.4) is 0 Å². The molecule has 1 aromatic rings. The highest BCUT2D eigenvalue weighted by Crippen LogP contribution is 2.44. The molecule has 1 saturated heterocycles. The van der Waals surface area contributed by atoms with Gasteiger partial charge in [0.05, 0.1) is 42.4 Å². The summed E-state index contributed by atoms with van der Waals surface area (Å²) >= 11 is 1.49. The van der Waals surface area contributed by atoms with Gasteiger partial charge in [-0.2, -0.15) is 0 Å². The molecular formula is C18H27NO5S. The highest BCUT2D eigenvalue weighted by atomic mass is 32.1. The Bertz CT molecular complexity index is 592. The third-order valence-corrected chi connectivity index (χ3v) is 6.45. The Labute approximate surface area is 152 Å². The van der Waals surface area contributed by atoms with Gasteiger partial charge >= 0.3 is 0 Å². The number of carbonyl (C=O) groups is 1. The fourth-order valence-corrected chi connectivity index (χ4v) is 5.07. The third-order valence-electron chi connectivity index (χ3n) is 5.41. The summed E-state index contributed by atoms with van der Waals surface area (Å²) in [6.45, 7) is 1.61. The van der Waals surface area contributed by atoms with Crippen molar-refractivity contribution in [1.29, 1.82) is 0 Å². The first kappa shape index (κ1) is 18.8. The molecule has 1 saturated carbocycles. The molecule has 1 aliphatic heterocycles. The molecule has 1 amide bonds. The molecule has 0 aromatic carbocycles. The Balaban J connectivity index is 1.75. The Hall–Kier alpha value is -0.990. The molecule has 1 aliphatic carbocycles. The second kappa shape index (κ2) is 8.14. The number of ether oxygens (including phenoxy) is 3. The number of methoxy groups -OCH3 is 2. The van der Waals surface area contributed by atoms with E-state index in [9.17, 15) is 4.79 Å². The van der Waals surface area contributed by atoms with Crippen LogP contribution in [0.1, 0.15) is 40.2 Å². The van der Waals surface area contributed by atoms with E-state index in [4.69, 9.17) is 19.3 Å². The van der Waals surface area contributed by atoms with Crippen molar-refractivity contribution in [3.8, 4) is 0 Å². The van der Waals surface area contributed by atoms with E-state index in [0.717, 1.165) is 35.4 Å². The molecule has 0 unspecified atom stereocenters. The zero-order valence-electron chi connectivity index (χ0n) is 14.9. The Morgan fingerprint density at radius 2 is 2.24 bits per heavy atom. The average molecular weight is 369 g/mol. The fourth-order valence-electron chi connectivity index (χ4n) is 4.13. The summed E-state index contributed by atoms with van der Waals surface area (Å²) in [5.41, 5.74) is -0.263. The molecule has 2 heterocycles. The van der Waals surface area contributed by atoms with E-state index in [0.29, 0.717) is 19.8 Å². The summed E-state index contributed by atoms with van der Waals surface area (Å²) in [7, 11) is 3.40. The third kappa shape index (κ3) is 3.75. The van der Waals surface area contributed by atoms with Gasteiger partial charge in [-0.3, -0.25) is 4.79 Å². The number of thiophene rings is 1. The molecule has 0 spiro atoms. The van der Waals surface area contributed by atoms with Gasteiger partial charge in [-0.1, -0.05) is 0 Å². The second-order valence-corrected chi connectivity index (χ2v) is 7.89. The lowest BCUT2D eigenvalue weighted by molar-refractivity contribution is -0.0991. The topological polar surface area (TPSA) is 68.2 Å². The van der Waals surface area contributed by atoms with Crippen molar-refractivity contribution in [3.05, 3.63) is 21.9 Å². The largest absolute Gasteiger partial charge is 0.394 e. The molecular weight excluding hydrogens is 342 g/mol. The van der Waals surface area contributed by atoms with Gasteiger partial charge in [-0.25, -0.2) is 0 Å². The van der Waals surface area contributed by atoms with E-state index in [-0.39, 0.29) is 30.3 Å². The number of fused-ring (bicyclic) bond motifs is 1. The minimum atomic E-state index is -0.263. The summed E-state index contributed by atoms with van der Waals surface area (Å²) in [4.78, 5) is 16.8. The van der Waals surface area contributed by atoms with Crippen LogP contribution >= 0.6 is 11.3 Å². The van der Waals surface area contributed by atoms with Crippen LogP contribution in [0.5, 0.6) is 0 Å². The average Bonchev–Trinajstić information content (AvgIpc) is 3.24. The standard InChI is InChI=1S/C18H27NO5S/c1-22-12-14-3-4-15(25-14)17(21)19-8-7-18(23-2)6-5-13(11-16(18)19)24-10-9-20/h3-4,13,16,20H,5-12H2,1-2H3/t13-,16-,18+/m0/s1. The number of hydrogen-bond acceptors (Lipinski definition) is 6. The summed E-state index contributed by atoms with van der Waals surface area (Å²) in [5.74, 6) is 0.0686. The molecule has 1 aromatic heterocycles. The quantitative estimate of drug-likeness (QED) is 0.797. The first-order chi connectivity index (χ1) is 12.1. The van der Waals surface area contributed by atoms with Crippen LogP contribution in [0.15, 0.2) is 12.1 Å². The normalized spacial score (nSPS) is 29.0. The first-order valence-electron chi connectivity index (χ1n) is 8.80. The number of aliphatic hydroxyl groups is 1. The van der Waals surface area contributed by atoms with Gasteiger partial charge in [-0.05, 0) is 37.8 Å². The van der Waals surface area contributed by atoms with E-state index in [1.165, 1.54) is 11.3 Å². The van der Waals surface area contributed by atoms with Gasteiger partial charge in [0, 0.05) is 25.6 Å². The number of aliphatic hydroxyl groups excluding tert-OH is 1. The Kier molecular flexibility index (Phi) is 6.12. The summed E-state index contributed by atoms with van der Waals surface area (Å²) in [6.07, 6.45) is 3.48. The molecule has 2 aliphatic rings. The van der Waals surface area contributed by atoms with Crippen molar-refractivity contribution in [2.24, 2.45) is 0 Å². The number of carbonyl (C=O) groups excluding carboxylic acids is 1.